The first-order chi connectivity index (χ1) is 14.3. The Balaban J connectivity index is 1.60. The number of piperazine rings is 1. The monoisotopic (exact) mass is 450 g/mol. The Kier molecular flexibility index (Phi) is 6.96. The van der Waals surface area contributed by atoms with Crippen molar-refractivity contribution < 1.29 is 18.0 Å². The summed E-state index contributed by atoms with van der Waals surface area (Å²) in [5.74, 6) is -0.566. The highest BCUT2D eigenvalue weighted by Crippen LogP contribution is 2.20. The molecule has 1 saturated heterocycles. The highest BCUT2D eigenvalue weighted by Gasteiger charge is 2.29. The number of nitrogens with one attached hydrogen (secondary N) is 3. The maximum atomic E-state index is 12.8. The van der Waals surface area contributed by atoms with Crippen molar-refractivity contribution >= 4 is 39.1 Å². The summed E-state index contributed by atoms with van der Waals surface area (Å²) in [5, 5.41) is 9.04. The van der Waals surface area contributed by atoms with Gasteiger partial charge in [0, 0.05) is 23.8 Å². The molecule has 1 heterocycles. The van der Waals surface area contributed by atoms with E-state index in [2.05, 4.69) is 16.0 Å². The lowest BCUT2D eigenvalue weighted by Crippen LogP contribution is -2.49. The van der Waals surface area contributed by atoms with E-state index < -0.39 is 10.0 Å². The summed E-state index contributed by atoms with van der Waals surface area (Å²) in [6.07, 6.45) is 0. The third-order valence-electron chi connectivity index (χ3n) is 4.68. The van der Waals surface area contributed by atoms with E-state index in [1.165, 1.54) is 12.1 Å². The number of amides is 2. The van der Waals surface area contributed by atoms with Gasteiger partial charge in [-0.3, -0.25) is 9.59 Å². The van der Waals surface area contributed by atoms with Gasteiger partial charge in [-0.2, -0.15) is 4.31 Å². The average Bonchev–Trinajstić information content (AvgIpc) is 2.73. The SMILES string of the molecule is CC(NC(=O)CNc1cccc(S(=O)(=O)N2CCNC(=O)C2)c1)c1ccc(Cl)cc1. The van der Waals surface area contributed by atoms with Gasteiger partial charge in [0.15, 0.2) is 0 Å². The number of halogens is 1. The summed E-state index contributed by atoms with van der Waals surface area (Å²) in [5.41, 5.74) is 1.42. The Morgan fingerprint density at radius 3 is 2.67 bits per heavy atom. The number of rotatable bonds is 7. The molecule has 2 aromatic carbocycles. The summed E-state index contributed by atoms with van der Waals surface area (Å²) in [6.45, 7) is 2.14. The lowest BCUT2D eigenvalue weighted by molar-refractivity contribution is -0.122. The van der Waals surface area contributed by atoms with Crippen LogP contribution in [0.4, 0.5) is 5.69 Å². The van der Waals surface area contributed by atoms with Gasteiger partial charge < -0.3 is 16.0 Å². The second-order valence-electron chi connectivity index (χ2n) is 6.91. The number of sulfonamides is 1. The average molecular weight is 451 g/mol. The van der Waals surface area contributed by atoms with Crippen molar-refractivity contribution in [2.24, 2.45) is 0 Å². The quantitative estimate of drug-likeness (QED) is 0.595. The van der Waals surface area contributed by atoms with Crippen molar-refractivity contribution in [1.82, 2.24) is 14.9 Å². The Morgan fingerprint density at radius 2 is 1.97 bits per heavy atom. The van der Waals surface area contributed by atoms with Crippen molar-refractivity contribution in [2.45, 2.75) is 17.9 Å². The molecule has 1 atom stereocenters. The van der Waals surface area contributed by atoms with Gasteiger partial charge in [0.25, 0.3) is 0 Å². The first-order valence-corrected chi connectivity index (χ1v) is 11.2. The molecule has 1 aliphatic heterocycles. The molecule has 0 saturated carbocycles. The van der Waals surface area contributed by atoms with Gasteiger partial charge in [-0.05, 0) is 42.8 Å². The zero-order valence-corrected chi connectivity index (χ0v) is 18.0. The Hall–Kier alpha value is -2.62. The van der Waals surface area contributed by atoms with Crippen LogP contribution in [-0.4, -0.2) is 50.7 Å². The van der Waals surface area contributed by atoms with Gasteiger partial charge in [-0.15, -0.1) is 0 Å². The highest BCUT2D eigenvalue weighted by molar-refractivity contribution is 7.89. The number of carbonyl (C=O) groups excluding carboxylic acids is 2. The highest BCUT2D eigenvalue weighted by atomic mass is 35.5. The van der Waals surface area contributed by atoms with Gasteiger partial charge >= 0.3 is 0 Å². The van der Waals surface area contributed by atoms with Crippen LogP contribution < -0.4 is 16.0 Å². The van der Waals surface area contributed by atoms with E-state index in [4.69, 9.17) is 11.6 Å². The molecule has 1 fully saturated rings. The summed E-state index contributed by atoms with van der Waals surface area (Å²) >= 11 is 5.88. The molecule has 2 amide bonds. The molecule has 0 aromatic heterocycles. The van der Waals surface area contributed by atoms with Crippen LogP contribution in [0.2, 0.25) is 5.02 Å². The molecule has 1 unspecified atom stereocenters. The molecular formula is C20H23ClN4O4S. The summed E-state index contributed by atoms with van der Waals surface area (Å²) in [6, 6.07) is 13.2. The molecule has 0 aliphatic carbocycles. The standard InChI is InChI=1S/C20H23ClN4O4S/c1-14(15-5-7-16(21)8-6-15)24-19(26)12-23-17-3-2-4-18(11-17)30(28,29)25-10-9-22-20(27)13-25/h2-8,11,14,23H,9-10,12-13H2,1H3,(H,22,27)(H,24,26). The van der Waals surface area contributed by atoms with Crippen molar-refractivity contribution in [2.75, 3.05) is 31.5 Å². The number of carbonyl (C=O) groups is 2. The van der Waals surface area contributed by atoms with E-state index in [1.54, 1.807) is 24.3 Å². The number of nitrogens with zero attached hydrogens (tertiary/aromatic N) is 1. The van der Waals surface area contributed by atoms with Gasteiger partial charge in [-0.25, -0.2) is 8.42 Å². The van der Waals surface area contributed by atoms with Gasteiger partial charge in [0.05, 0.1) is 24.0 Å². The molecular weight excluding hydrogens is 428 g/mol. The van der Waals surface area contributed by atoms with E-state index in [-0.39, 0.29) is 48.9 Å². The van der Waals surface area contributed by atoms with Crippen LogP contribution in [0, 0.1) is 0 Å². The van der Waals surface area contributed by atoms with Crippen LogP contribution >= 0.6 is 11.6 Å². The van der Waals surface area contributed by atoms with E-state index in [0.717, 1.165) is 9.87 Å². The first-order valence-electron chi connectivity index (χ1n) is 9.41. The fraction of sp³-hybridized carbons (Fsp3) is 0.300. The topological polar surface area (TPSA) is 108 Å². The minimum atomic E-state index is -3.79. The molecule has 10 heteroatoms. The van der Waals surface area contributed by atoms with Crippen LogP contribution in [0.3, 0.4) is 0 Å². The third kappa shape index (κ3) is 5.50. The van der Waals surface area contributed by atoms with E-state index in [0.29, 0.717) is 10.7 Å². The van der Waals surface area contributed by atoms with Crippen LogP contribution in [0.15, 0.2) is 53.4 Å². The smallest absolute Gasteiger partial charge is 0.243 e. The predicted molar refractivity (Wildman–Crippen MR) is 115 cm³/mol. The first kappa shape index (κ1) is 22.1. The van der Waals surface area contributed by atoms with Crippen molar-refractivity contribution in [3.8, 4) is 0 Å². The number of anilines is 1. The molecule has 1 aliphatic rings. The maximum Gasteiger partial charge on any atom is 0.243 e. The van der Waals surface area contributed by atoms with E-state index in [9.17, 15) is 18.0 Å². The molecule has 30 heavy (non-hydrogen) atoms. The fourth-order valence-electron chi connectivity index (χ4n) is 3.05. The summed E-state index contributed by atoms with van der Waals surface area (Å²) < 4.78 is 26.7. The zero-order chi connectivity index (χ0) is 21.7. The number of hydrogen-bond donors (Lipinski definition) is 3. The molecule has 2 aromatic rings. The second-order valence-corrected chi connectivity index (χ2v) is 9.29. The lowest BCUT2D eigenvalue weighted by atomic mass is 10.1. The van der Waals surface area contributed by atoms with Crippen LogP contribution in [0.1, 0.15) is 18.5 Å². The van der Waals surface area contributed by atoms with Crippen molar-refractivity contribution in [1.29, 1.82) is 0 Å². The summed E-state index contributed by atoms with van der Waals surface area (Å²) in [4.78, 5) is 23.9. The molecule has 3 rings (SSSR count). The molecule has 8 nitrogen and oxygen atoms in total. The molecule has 3 N–H and O–H groups in total. The largest absolute Gasteiger partial charge is 0.376 e. The third-order valence-corrected chi connectivity index (χ3v) is 6.77. The number of benzene rings is 2. The van der Waals surface area contributed by atoms with E-state index in [1.807, 2.05) is 19.1 Å². The Bertz CT molecular complexity index is 1030. The Labute approximate surface area is 180 Å². The van der Waals surface area contributed by atoms with Crippen molar-refractivity contribution in [3.05, 3.63) is 59.1 Å². The maximum absolute atomic E-state index is 12.8. The van der Waals surface area contributed by atoms with Crippen LogP contribution in [-0.2, 0) is 19.6 Å². The zero-order valence-electron chi connectivity index (χ0n) is 16.4. The van der Waals surface area contributed by atoms with Gasteiger partial charge in [-0.1, -0.05) is 29.8 Å². The lowest BCUT2D eigenvalue weighted by Gasteiger charge is -2.26. The minimum absolute atomic E-state index is 0.0203. The molecule has 0 bridgehead atoms. The van der Waals surface area contributed by atoms with Crippen LogP contribution in [0.5, 0.6) is 0 Å². The second kappa shape index (κ2) is 9.46. The molecule has 160 valence electrons. The fourth-order valence-corrected chi connectivity index (χ4v) is 4.61. The molecule has 0 radical (unpaired) electrons. The van der Waals surface area contributed by atoms with Gasteiger partial charge in [0.2, 0.25) is 21.8 Å². The Morgan fingerprint density at radius 1 is 1.23 bits per heavy atom. The van der Waals surface area contributed by atoms with E-state index >= 15 is 0 Å². The van der Waals surface area contributed by atoms with Gasteiger partial charge in [0.1, 0.15) is 0 Å². The predicted octanol–water partition coefficient (Wildman–Crippen LogP) is 1.75. The van der Waals surface area contributed by atoms with Crippen LogP contribution in [0.25, 0.3) is 0 Å². The number of hydrogen-bond acceptors (Lipinski definition) is 5. The summed E-state index contributed by atoms with van der Waals surface area (Å²) in [7, 11) is -3.79. The normalized spacial score (nSPS) is 15.9. The minimum Gasteiger partial charge on any atom is -0.376 e. The molecule has 0 spiro atoms. The van der Waals surface area contributed by atoms with Crippen molar-refractivity contribution in [3.63, 3.8) is 0 Å².